The first kappa shape index (κ1) is 16.8. The van der Waals surface area contributed by atoms with Gasteiger partial charge < -0.3 is 0 Å². The molecule has 0 aliphatic rings. The Hall–Kier alpha value is -1.26. The first-order chi connectivity index (χ1) is 9.34. The lowest BCUT2D eigenvalue weighted by atomic mass is 10.1. The van der Waals surface area contributed by atoms with E-state index >= 15 is 0 Å². The molecule has 0 aromatic heterocycles. The van der Waals surface area contributed by atoms with E-state index in [9.17, 15) is 0 Å². The van der Waals surface area contributed by atoms with Crippen LogP contribution in [0.2, 0.25) is 16.6 Å². The monoisotopic (exact) mass is 284 g/mol. The van der Waals surface area contributed by atoms with Crippen molar-refractivity contribution in [3.05, 3.63) is 42.0 Å². The van der Waals surface area contributed by atoms with E-state index in [2.05, 4.69) is 83.9 Å². The number of rotatable bonds is 4. The average Bonchev–Trinajstić information content (AvgIpc) is 2.38. The van der Waals surface area contributed by atoms with Crippen molar-refractivity contribution in [1.29, 1.82) is 0 Å². The van der Waals surface area contributed by atoms with E-state index in [0.29, 0.717) is 16.6 Å². The SMILES string of the molecule is C=Cc1ccc(C#C[Si](C(C)C)(C(C)C)C(C)C)cc1. The van der Waals surface area contributed by atoms with E-state index in [1.54, 1.807) is 0 Å². The van der Waals surface area contributed by atoms with Crippen LogP contribution in [-0.2, 0) is 0 Å². The van der Waals surface area contributed by atoms with E-state index in [-0.39, 0.29) is 0 Å². The van der Waals surface area contributed by atoms with Crippen LogP contribution < -0.4 is 0 Å². The van der Waals surface area contributed by atoms with Crippen LogP contribution in [0.5, 0.6) is 0 Å². The fourth-order valence-electron chi connectivity index (χ4n) is 3.32. The first-order valence-electron chi connectivity index (χ1n) is 7.60. The molecule has 0 nitrogen and oxygen atoms in total. The number of hydrogen-bond acceptors (Lipinski definition) is 0. The van der Waals surface area contributed by atoms with Gasteiger partial charge in [0.05, 0.1) is 0 Å². The van der Waals surface area contributed by atoms with Gasteiger partial charge in [-0.15, -0.1) is 5.54 Å². The minimum atomic E-state index is -1.61. The molecule has 108 valence electrons. The molecule has 0 spiro atoms. The van der Waals surface area contributed by atoms with Gasteiger partial charge in [-0.3, -0.25) is 0 Å². The highest BCUT2D eigenvalue weighted by Gasteiger charge is 2.41. The predicted molar refractivity (Wildman–Crippen MR) is 94.5 cm³/mol. The first-order valence-corrected chi connectivity index (χ1v) is 9.83. The maximum absolute atomic E-state index is 3.79. The second kappa shape index (κ2) is 6.95. The summed E-state index contributed by atoms with van der Waals surface area (Å²) in [5.74, 6) is 3.46. The molecular weight excluding hydrogens is 256 g/mol. The topological polar surface area (TPSA) is 0 Å². The summed E-state index contributed by atoms with van der Waals surface area (Å²) in [7, 11) is -1.61. The van der Waals surface area contributed by atoms with Gasteiger partial charge in [-0.05, 0) is 34.3 Å². The maximum Gasteiger partial charge on any atom is 0.146 e. The van der Waals surface area contributed by atoms with Crippen molar-refractivity contribution in [3.8, 4) is 11.5 Å². The zero-order valence-electron chi connectivity index (χ0n) is 13.8. The van der Waals surface area contributed by atoms with Crippen molar-refractivity contribution >= 4 is 14.1 Å². The molecule has 0 bridgehead atoms. The molecule has 0 aliphatic carbocycles. The summed E-state index contributed by atoms with van der Waals surface area (Å²) in [6, 6.07) is 8.37. The quantitative estimate of drug-likeness (QED) is 0.477. The van der Waals surface area contributed by atoms with Gasteiger partial charge in [0, 0.05) is 5.56 Å². The van der Waals surface area contributed by atoms with Crippen LogP contribution in [0.4, 0.5) is 0 Å². The van der Waals surface area contributed by atoms with Crippen molar-refractivity contribution in [1.82, 2.24) is 0 Å². The normalized spacial score (nSPS) is 11.7. The van der Waals surface area contributed by atoms with Crippen molar-refractivity contribution in [2.45, 2.75) is 58.2 Å². The van der Waals surface area contributed by atoms with Crippen molar-refractivity contribution in [2.75, 3.05) is 0 Å². The molecule has 0 aliphatic heterocycles. The van der Waals surface area contributed by atoms with Gasteiger partial charge in [-0.2, -0.15) is 0 Å². The van der Waals surface area contributed by atoms with Gasteiger partial charge in [0.1, 0.15) is 8.07 Å². The van der Waals surface area contributed by atoms with Gasteiger partial charge in [0.15, 0.2) is 0 Å². The van der Waals surface area contributed by atoms with E-state index in [4.69, 9.17) is 0 Å². The lowest BCUT2D eigenvalue weighted by molar-refractivity contribution is 0.838. The Morgan fingerprint density at radius 3 is 1.70 bits per heavy atom. The second-order valence-corrected chi connectivity index (χ2v) is 12.1. The molecule has 1 rings (SSSR count). The van der Waals surface area contributed by atoms with Gasteiger partial charge in [0.25, 0.3) is 0 Å². The molecule has 0 amide bonds. The fraction of sp³-hybridized carbons (Fsp3) is 0.474. The Labute approximate surface area is 126 Å². The molecule has 0 heterocycles. The summed E-state index contributed by atoms with van der Waals surface area (Å²) in [4.78, 5) is 0. The Morgan fingerprint density at radius 1 is 0.900 bits per heavy atom. The average molecular weight is 285 g/mol. The van der Waals surface area contributed by atoms with Gasteiger partial charge in [0.2, 0.25) is 0 Å². The largest absolute Gasteiger partial charge is 0.146 e. The summed E-state index contributed by atoms with van der Waals surface area (Å²) in [6.45, 7) is 17.9. The number of benzene rings is 1. The van der Waals surface area contributed by atoms with Crippen LogP contribution in [0.3, 0.4) is 0 Å². The molecule has 1 aromatic rings. The second-order valence-electron chi connectivity index (χ2n) is 6.47. The molecule has 1 aromatic carbocycles. The third kappa shape index (κ3) is 3.44. The number of hydrogen-bond donors (Lipinski definition) is 0. The van der Waals surface area contributed by atoms with E-state index in [1.807, 2.05) is 6.08 Å². The zero-order valence-corrected chi connectivity index (χ0v) is 14.8. The van der Waals surface area contributed by atoms with Gasteiger partial charge >= 0.3 is 0 Å². The molecule has 20 heavy (non-hydrogen) atoms. The van der Waals surface area contributed by atoms with Gasteiger partial charge in [-0.1, -0.05) is 72.3 Å². The Bertz CT molecular complexity index is 473. The highest BCUT2D eigenvalue weighted by Crippen LogP contribution is 2.40. The molecule has 1 heteroatoms. The molecule has 0 atom stereocenters. The van der Waals surface area contributed by atoms with Crippen molar-refractivity contribution in [2.24, 2.45) is 0 Å². The highest BCUT2D eigenvalue weighted by atomic mass is 28.3. The van der Waals surface area contributed by atoms with Crippen LogP contribution in [0.15, 0.2) is 30.8 Å². The van der Waals surface area contributed by atoms with E-state index in [0.717, 1.165) is 11.1 Å². The van der Waals surface area contributed by atoms with Crippen LogP contribution in [0.1, 0.15) is 52.7 Å². The van der Waals surface area contributed by atoms with Crippen molar-refractivity contribution < 1.29 is 0 Å². The predicted octanol–water partition coefficient (Wildman–Crippen LogP) is 5.90. The smallest absolute Gasteiger partial charge is 0.125 e. The third-order valence-corrected chi connectivity index (χ3v) is 10.7. The fourth-order valence-corrected chi connectivity index (χ4v) is 8.54. The van der Waals surface area contributed by atoms with Gasteiger partial charge in [-0.25, -0.2) is 0 Å². The van der Waals surface area contributed by atoms with Crippen molar-refractivity contribution in [3.63, 3.8) is 0 Å². The lowest BCUT2D eigenvalue weighted by Gasteiger charge is -2.38. The Balaban J connectivity index is 3.19. The van der Waals surface area contributed by atoms with Crippen LogP contribution in [0.25, 0.3) is 6.08 Å². The van der Waals surface area contributed by atoms with E-state index < -0.39 is 8.07 Å². The van der Waals surface area contributed by atoms with Crippen LogP contribution >= 0.6 is 0 Å². The zero-order chi connectivity index (χ0) is 15.3. The molecule has 0 saturated heterocycles. The minimum absolute atomic E-state index is 0.683. The van der Waals surface area contributed by atoms with E-state index in [1.165, 1.54) is 0 Å². The molecule has 0 fully saturated rings. The Kier molecular flexibility index (Phi) is 5.83. The molecule has 0 radical (unpaired) electrons. The third-order valence-electron chi connectivity index (χ3n) is 4.44. The molecule has 0 saturated carbocycles. The van der Waals surface area contributed by atoms with Crippen LogP contribution in [0, 0.1) is 11.5 Å². The standard InChI is InChI=1S/C19H28Si/c1-8-18-9-11-19(12-10-18)13-14-20(15(2)3,16(4)5)17(6)7/h8-12,15-17H,1H2,2-7H3. The summed E-state index contributed by atoms with van der Waals surface area (Å²) in [6.07, 6.45) is 1.87. The summed E-state index contributed by atoms with van der Waals surface area (Å²) < 4.78 is 0. The molecule has 0 N–H and O–H groups in total. The summed E-state index contributed by atoms with van der Waals surface area (Å²) >= 11 is 0. The lowest BCUT2D eigenvalue weighted by Crippen LogP contribution is -2.43. The summed E-state index contributed by atoms with van der Waals surface area (Å²) in [5, 5.41) is 0. The Morgan fingerprint density at radius 2 is 1.35 bits per heavy atom. The minimum Gasteiger partial charge on any atom is -0.125 e. The highest BCUT2D eigenvalue weighted by molar-refractivity contribution is 6.90. The maximum atomic E-state index is 3.79. The van der Waals surface area contributed by atoms with Crippen LogP contribution in [-0.4, -0.2) is 8.07 Å². The molecular formula is C19H28Si. The molecule has 0 unspecified atom stereocenters. The summed E-state index contributed by atoms with van der Waals surface area (Å²) in [5.41, 5.74) is 8.07.